The zero-order valence-corrected chi connectivity index (χ0v) is 14.2. The quantitative estimate of drug-likeness (QED) is 0.647. The molecule has 0 saturated carbocycles. The molecule has 1 atom stereocenters. The second kappa shape index (κ2) is 7.81. The molecule has 1 aromatic heterocycles. The Morgan fingerprint density at radius 1 is 1.18 bits per heavy atom. The van der Waals surface area contributed by atoms with Crippen LogP contribution in [0.4, 0.5) is 17.6 Å². The molecule has 0 radical (unpaired) electrons. The molecule has 2 aromatic carbocycles. The standard InChI is InChI=1S/C19H14F4N2O3/c20-13-8-12-2-1-7-24-17(12)15(9-13)18(27)25-16(10-26)11-3-5-14(6-4-11)28-19(21,22)23/h1-9,16,26H,10H2,(H,25,27)/t16-/m1/s1. The van der Waals surface area contributed by atoms with Crippen LogP contribution < -0.4 is 10.1 Å². The van der Waals surface area contributed by atoms with Gasteiger partial charge in [-0.1, -0.05) is 18.2 Å². The lowest BCUT2D eigenvalue weighted by atomic mass is 10.1. The molecule has 3 aromatic rings. The van der Waals surface area contributed by atoms with E-state index in [0.29, 0.717) is 10.9 Å². The van der Waals surface area contributed by atoms with Gasteiger partial charge in [-0.25, -0.2) is 4.39 Å². The third-order valence-electron chi connectivity index (χ3n) is 3.92. The van der Waals surface area contributed by atoms with Crippen LogP contribution in [0.15, 0.2) is 54.7 Å². The lowest BCUT2D eigenvalue weighted by Crippen LogP contribution is -2.31. The molecule has 0 spiro atoms. The van der Waals surface area contributed by atoms with Gasteiger partial charge >= 0.3 is 6.36 Å². The van der Waals surface area contributed by atoms with Crippen molar-refractivity contribution < 1.29 is 32.2 Å². The number of aliphatic hydroxyl groups is 1. The van der Waals surface area contributed by atoms with E-state index in [1.165, 1.54) is 24.4 Å². The maximum atomic E-state index is 13.8. The van der Waals surface area contributed by atoms with Crippen LogP contribution in [-0.2, 0) is 0 Å². The van der Waals surface area contributed by atoms with E-state index in [9.17, 15) is 27.5 Å². The minimum Gasteiger partial charge on any atom is -0.406 e. The summed E-state index contributed by atoms with van der Waals surface area (Å²) in [5.41, 5.74) is 0.608. The van der Waals surface area contributed by atoms with Crippen LogP contribution in [0.5, 0.6) is 5.75 Å². The normalized spacial score (nSPS) is 12.6. The highest BCUT2D eigenvalue weighted by Gasteiger charge is 2.31. The Balaban J connectivity index is 1.83. The number of halogens is 4. The molecule has 0 aliphatic heterocycles. The van der Waals surface area contributed by atoms with Gasteiger partial charge in [-0.3, -0.25) is 9.78 Å². The summed E-state index contributed by atoms with van der Waals surface area (Å²) >= 11 is 0. The number of amides is 1. The predicted octanol–water partition coefficient (Wildman–Crippen LogP) is 3.74. The summed E-state index contributed by atoms with van der Waals surface area (Å²) in [6, 6.07) is 9.24. The molecule has 146 valence electrons. The maximum Gasteiger partial charge on any atom is 0.573 e. The highest BCUT2D eigenvalue weighted by Crippen LogP contribution is 2.25. The summed E-state index contributed by atoms with van der Waals surface area (Å²) in [5.74, 6) is -1.74. The number of ether oxygens (including phenoxy) is 1. The van der Waals surface area contributed by atoms with Gasteiger partial charge in [0.1, 0.15) is 11.6 Å². The van der Waals surface area contributed by atoms with E-state index in [-0.39, 0.29) is 11.1 Å². The molecule has 0 saturated heterocycles. The van der Waals surface area contributed by atoms with E-state index < -0.39 is 36.5 Å². The zero-order chi connectivity index (χ0) is 20.3. The lowest BCUT2D eigenvalue weighted by Gasteiger charge is -2.18. The smallest absolute Gasteiger partial charge is 0.406 e. The van der Waals surface area contributed by atoms with E-state index in [1.54, 1.807) is 12.1 Å². The monoisotopic (exact) mass is 394 g/mol. The molecule has 9 heteroatoms. The second-order valence-electron chi connectivity index (χ2n) is 5.85. The van der Waals surface area contributed by atoms with Crippen molar-refractivity contribution in [3.63, 3.8) is 0 Å². The molecular formula is C19H14F4N2O3. The number of benzene rings is 2. The molecule has 5 nitrogen and oxygen atoms in total. The van der Waals surface area contributed by atoms with Crippen molar-refractivity contribution in [1.29, 1.82) is 0 Å². The van der Waals surface area contributed by atoms with Gasteiger partial charge in [0, 0.05) is 11.6 Å². The highest BCUT2D eigenvalue weighted by molar-refractivity contribution is 6.05. The summed E-state index contributed by atoms with van der Waals surface area (Å²) in [6.45, 7) is -0.522. The SMILES string of the molecule is O=C(N[C@H](CO)c1ccc(OC(F)(F)F)cc1)c1cc(F)cc2cccnc12. The van der Waals surface area contributed by atoms with E-state index in [0.717, 1.165) is 18.2 Å². The van der Waals surface area contributed by atoms with Gasteiger partial charge in [-0.15, -0.1) is 13.2 Å². The number of hydrogen-bond acceptors (Lipinski definition) is 4. The highest BCUT2D eigenvalue weighted by atomic mass is 19.4. The molecule has 0 unspecified atom stereocenters. The summed E-state index contributed by atoms with van der Waals surface area (Å²) in [4.78, 5) is 16.7. The van der Waals surface area contributed by atoms with Crippen LogP contribution in [0.2, 0.25) is 0 Å². The number of rotatable bonds is 5. The number of carbonyl (C=O) groups is 1. The first-order valence-electron chi connectivity index (χ1n) is 8.08. The third kappa shape index (κ3) is 4.55. The van der Waals surface area contributed by atoms with Crippen LogP contribution in [0.1, 0.15) is 22.0 Å². The van der Waals surface area contributed by atoms with Crippen molar-refractivity contribution in [2.24, 2.45) is 0 Å². The van der Waals surface area contributed by atoms with E-state index in [1.807, 2.05) is 0 Å². The van der Waals surface area contributed by atoms with E-state index in [2.05, 4.69) is 15.0 Å². The molecule has 0 aliphatic rings. The Labute approximate surface area is 156 Å². The fourth-order valence-corrected chi connectivity index (χ4v) is 2.70. The van der Waals surface area contributed by atoms with Gasteiger partial charge < -0.3 is 15.2 Å². The molecule has 3 rings (SSSR count). The number of nitrogens with one attached hydrogen (secondary N) is 1. The minimum absolute atomic E-state index is 0.0222. The van der Waals surface area contributed by atoms with Crippen molar-refractivity contribution in [2.45, 2.75) is 12.4 Å². The van der Waals surface area contributed by atoms with Gasteiger partial charge in [-0.2, -0.15) is 0 Å². The van der Waals surface area contributed by atoms with Gasteiger partial charge in [0.05, 0.1) is 23.7 Å². The van der Waals surface area contributed by atoms with Crippen LogP contribution in [0.3, 0.4) is 0 Å². The first-order valence-corrected chi connectivity index (χ1v) is 8.08. The summed E-state index contributed by atoms with van der Waals surface area (Å²) in [5, 5.41) is 12.5. The third-order valence-corrected chi connectivity index (χ3v) is 3.92. The molecule has 0 bridgehead atoms. The Hall–Kier alpha value is -3.20. The molecule has 0 fully saturated rings. The van der Waals surface area contributed by atoms with Crippen molar-refractivity contribution in [3.05, 3.63) is 71.7 Å². The fraction of sp³-hybridized carbons (Fsp3) is 0.158. The molecular weight excluding hydrogens is 380 g/mol. The Morgan fingerprint density at radius 2 is 1.89 bits per heavy atom. The zero-order valence-electron chi connectivity index (χ0n) is 14.2. The summed E-state index contributed by atoms with van der Waals surface area (Å²) in [7, 11) is 0. The molecule has 0 aliphatic carbocycles. The van der Waals surface area contributed by atoms with Crippen molar-refractivity contribution in [2.75, 3.05) is 6.61 Å². The number of fused-ring (bicyclic) bond motifs is 1. The number of aromatic nitrogens is 1. The molecule has 28 heavy (non-hydrogen) atoms. The maximum absolute atomic E-state index is 13.8. The first-order chi connectivity index (χ1) is 13.3. The number of alkyl halides is 3. The molecule has 2 N–H and O–H groups in total. The largest absolute Gasteiger partial charge is 0.573 e. The number of aliphatic hydroxyl groups excluding tert-OH is 1. The van der Waals surface area contributed by atoms with Gasteiger partial charge in [-0.05, 0) is 35.9 Å². The fourth-order valence-electron chi connectivity index (χ4n) is 2.70. The Kier molecular flexibility index (Phi) is 5.46. The van der Waals surface area contributed by atoms with Crippen LogP contribution in [0, 0.1) is 5.82 Å². The van der Waals surface area contributed by atoms with Gasteiger partial charge in [0.25, 0.3) is 5.91 Å². The van der Waals surface area contributed by atoms with Crippen molar-refractivity contribution in [1.82, 2.24) is 10.3 Å². The van der Waals surface area contributed by atoms with Crippen LogP contribution in [-0.4, -0.2) is 29.0 Å². The average molecular weight is 394 g/mol. The van der Waals surface area contributed by atoms with Crippen LogP contribution >= 0.6 is 0 Å². The number of hydrogen-bond donors (Lipinski definition) is 2. The predicted molar refractivity (Wildman–Crippen MR) is 92.1 cm³/mol. The Bertz CT molecular complexity index is 991. The van der Waals surface area contributed by atoms with Gasteiger partial charge in [0.15, 0.2) is 0 Å². The number of nitrogens with zero attached hydrogens (tertiary/aromatic N) is 1. The topological polar surface area (TPSA) is 71.5 Å². The molecule has 1 amide bonds. The first kappa shape index (κ1) is 19.6. The Morgan fingerprint density at radius 3 is 2.54 bits per heavy atom. The van der Waals surface area contributed by atoms with Gasteiger partial charge in [0.2, 0.25) is 0 Å². The molecule has 1 heterocycles. The van der Waals surface area contributed by atoms with Crippen molar-refractivity contribution in [3.8, 4) is 5.75 Å². The number of carbonyl (C=O) groups excluding carboxylic acids is 1. The van der Waals surface area contributed by atoms with E-state index >= 15 is 0 Å². The van der Waals surface area contributed by atoms with Crippen molar-refractivity contribution >= 4 is 16.8 Å². The average Bonchev–Trinajstić information content (AvgIpc) is 2.64. The summed E-state index contributed by atoms with van der Waals surface area (Å²) < 4.78 is 54.3. The second-order valence-corrected chi connectivity index (χ2v) is 5.85. The van der Waals surface area contributed by atoms with E-state index in [4.69, 9.17) is 0 Å². The summed E-state index contributed by atoms with van der Waals surface area (Å²) in [6.07, 6.45) is -3.36. The number of pyridine rings is 1. The van der Waals surface area contributed by atoms with Crippen LogP contribution in [0.25, 0.3) is 10.9 Å². The lowest BCUT2D eigenvalue weighted by molar-refractivity contribution is -0.274. The minimum atomic E-state index is -4.82.